The molecule has 1 rings (SSSR count). The lowest BCUT2D eigenvalue weighted by atomic mass is 9.95. The van der Waals surface area contributed by atoms with Gasteiger partial charge in [0, 0.05) is 40.7 Å². The summed E-state index contributed by atoms with van der Waals surface area (Å²) in [6.45, 7) is 7.90. The highest BCUT2D eigenvalue weighted by atomic mass is 16.7. The number of hydrogen-bond donors (Lipinski definition) is 4. The average Bonchev–Trinajstić information content (AvgIpc) is 2.83. The fourth-order valence-electron chi connectivity index (χ4n) is 4.41. The van der Waals surface area contributed by atoms with Crippen LogP contribution in [0.15, 0.2) is 0 Å². The van der Waals surface area contributed by atoms with Crippen LogP contribution in [0, 0.1) is 0 Å². The molecule has 0 aromatic heterocycles. The van der Waals surface area contributed by atoms with E-state index in [9.17, 15) is 33.6 Å². The zero-order valence-electron chi connectivity index (χ0n) is 25.3. The molecule has 1 unspecified atom stereocenters. The quantitative estimate of drug-likeness (QED) is 0.118. The summed E-state index contributed by atoms with van der Waals surface area (Å²) in [4.78, 5) is 85.6. The van der Waals surface area contributed by atoms with E-state index in [-0.39, 0.29) is 13.0 Å². The Bertz CT molecular complexity index is 1060. The summed E-state index contributed by atoms with van der Waals surface area (Å²) in [5.74, 6) is -5.84. The molecule has 0 saturated carbocycles. The number of nitrogens with one attached hydrogen (secondary N) is 1. The fourth-order valence-corrected chi connectivity index (χ4v) is 4.41. The highest BCUT2D eigenvalue weighted by molar-refractivity contribution is 5.91. The van der Waals surface area contributed by atoms with Crippen molar-refractivity contribution in [1.29, 1.82) is 0 Å². The molecule has 6 N–H and O–H groups in total. The van der Waals surface area contributed by atoms with E-state index in [1.165, 1.54) is 27.7 Å². The number of primary amides is 1. The fraction of sp³-hybridized carbons (Fsp3) is 0.731. The number of carboxylic acid groups (broad SMARTS) is 1. The van der Waals surface area contributed by atoms with Gasteiger partial charge >= 0.3 is 23.9 Å². The molecule has 17 nitrogen and oxygen atoms in total. The molecule has 0 spiro atoms. The Morgan fingerprint density at radius 1 is 0.977 bits per heavy atom. The van der Waals surface area contributed by atoms with E-state index in [2.05, 4.69) is 5.32 Å². The van der Waals surface area contributed by atoms with Gasteiger partial charge in [-0.2, -0.15) is 0 Å². The zero-order chi connectivity index (χ0) is 33.2. The third-order valence-electron chi connectivity index (χ3n) is 6.04. The lowest BCUT2D eigenvalue weighted by molar-refractivity contribution is -0.279. The van der Waals surface area contributed by atoms with Gasteiger partial charge in [0.05, 0.1) is 11.6 Å². The Labute approximate surface area is 248 Å². The average molecular weight is 619 g/mol. The number of rotatable bonds is 15. The summed E-state index contributed by atoms with van der Waals surface area (Å²) in [6.07, 6.45) is -7.27. The van der Waals surface area contributed by atoms with E-state index >= 15 is 0 Å². The SMILES string of the molecule is CC(=O)N[C@H]1[C@@H](OC(C)=O)O[C@H](COC(C)=O)[C@@H](OC(C)=O)[C@@H]1OC(C)CN(C(=O)C(C)(C)N)[C@H](CCC(=O)O)C(N)=O. The Balaban J connectivity index is 3.59. The van der Waals surface area contributed by atoms with Gasteiger partial charge in [0.25, 0.3) is 0 Å². The van der Waals surface area contributed by atoms with Crippen molar-refractivity contribution >= 4 is 41.6 Å². The van der Waals surface area contributed by atoms with Gasteiger partial charge in [-0.15, -0.1) is 0 Å². The van der Waals surface area contributed by atoms with E-state index < -0.39 is 103 Å². The van der Waals surface area contributed by atoms with E-state index in [1.54, 1.807) is 0 Å². The van der Waals surface area contributed by atoms with E-state index in [4.69, 9.17) is 40.3 Å². The summed E-state index contributed by atoms with van der Waals surface area (Å²) in [5, 5.41) is 11.7. The largest absolute Gasteiger partial charge is 0.481 e. The second-order valence-electron chi connectivity index (χ2n) is 10.7. The summed E-state index contributed by atoms with van der Waals surface area (Å²) in [6, 6.07) is -2.66. The molecule has 3 amide bonds. The first-order chi connectivity index (χ1) is 19.7. The van der Waals surface area contributed by atoms with Gasteiger partial charge in [-0.25, -0.2) is 0 Å². The molecule has 1 aliphatic heterocycles. The number of carbonyl (C=O) groups excluding carboxylic acids is 6. The second kappa shape index (κ2) is 16.1. The summed E-state index contributed by atoms with van der Waals surface area (Å²) >= 11 is 0. The molecule has 0 radical (unpaired) electrons. The van der Waals surface area contributed by atoms with Crippen LogP contribution in [0.2, 0.25) is 0 Å². The van der Waals surface area contributed by atoms with Crippen LogP contribution in [0.3, 0.4) is 0 Å². The van der Waals surface area contributed by atoms with Crippen LogP contribution in [0.25, 0.3) is 0 Å². The Morgan fingerprint density at radius 3 is 2.00 bits per heavy atom. The first-order valence-corrected chi connectivity index (χ1v) is 13.4. The van der Waals surface area contributed by atoms with Crippen LogP contribution >= 0.6 is 0 Å². The van der Waals surface area contributed by atoms with Crippen LogP contribution in [0.1, 0.15) is 61.3 Å². The molecule has 244 valence electrons. The Hall–Kier alpha value is -3.83. The predicted molar refractivity (Wildman–Crippen MR) is 144 cm³/mol. The number of amides is 3. The Kier molecular flexibility index (Phi) is 14.0. The van der Waals surface area contributed by atoms with Crippen molar-refractivity contribution in [3.05, 3.63) is 0 Å². The Morgan fingerprint density at radius 2 is 1.56 bits per heavy atom. The minimum atomic E-state index is -1.51. The molecular formula is C26H42N4O13. The lowest BCUT2D eigenvalue weighted by Gasteiger charge is -2.46. The summed E-state index contributed by atoms with van der Waals surface area (Å²) in [7, 11) is 0. The monoisotopic (exact) mass is 618 g/mol. The molecule has 17 heteroatoms. The van der Waals surface area contributed by atoms with E-state index in [0.717, 1.165) is 25.7 Å². The van der Waals surface area contributed by atoms with Crippen LogP contribution in [0.5, 0.6) is 0 Å². The van der Waals surface area contributed by atoms with Gasteiger partial charge in [-0.1, -0.05) is 0 Å². The number of aliphatic carboxylic acids is 1. The predicted octanol–water partition coefficient (Wildman–Crippen LogP) is -1.67. The van der Waals surface area contributed by atoms with Crippen molar-refractivity contribution in [3.63, 3.8) is 0 Å². The number of carboxylic acids is 1. The first-order valence-electron chi connectivity index (χ1n) is 13.4. The normalized spacial score (nSPS) is 23.2. The number of esters is 3. The van der Waals surface area contributed by atoms with Crippen molar-refractivity contribution in [2.75, 3.05) is 13.2 Å². The zero-order valence-corrected chi connectivity index (χ0v) is 25.3. The number of nitrogens with two attached hydrogens (primary N) is 2. The molecule has 1 aliphatic rings. The first kappa shape index (κ1) is 37.2. The topological polar surface area (TPSA) is 253 Å². The second-order valence-corrected chi connectivity index (χ2v) is 10.7. The summed E-state index contributed by atoms with van der Waals surface area (Å²) in [5.41, 5.74) is 10.0. The lowest BCUT2D eigenvalue weighted by Crippen LogP contribution is -2.67. The van der Waals surface area contributed by atoms with Crippen molar-refractivity contribution in [2.45, 2.75) is 110 Å². The van der Waals surface area contributed by atoms with Gasteiger partial charge in [0.2, 0.25) is 24.0 Å². The molecule has 0 bridgehead atoms. The highest BCUT2D eigenvalue weighted by Crippen LogP contribution is 2.29. The van der Waals surface area contributed by atoms with Crippen molar-refractivity contribution in [2.24, 2.45) is 11.5 Å². The molecule has 0 aromatic rings. The molecular weight excluding hydrogens is 576 g/mol. The van der Waals surface area contributed by atoms with Crippen LogP contribution < -0.4 is 16.8 Å². The van der Waals surface area contributed by atoms with Crippen LogP contribution in [-0.4, -0.2) is 113 Å². The van der Waals surface area contributed by atoms with Gasteiger partial charge in [-0.05, 0) is 27.2 Å². The molecule has 1 fully saturated rings. The van der Waals surface area contributed by atoms with Crippen molar-refractivity contribution in [3.8, 4) is 0 Å². The third-order valence-corrected chi connectivity index (χ3v) is 6.04. The van der Waals surface area contributed by atoms with E-state index in [0.29, 0.717) is 0 Å². The van der Waals surface area contributed by atoms with Crippen molar-refractivity contribution < 1.29 is 62.4 Å². The molecule has 1 saturated heterocycles. The smallest absolute Gasteiger partial charge is 0.305 e. The van der Waals surface area contributed by atoms with Gasteiger partial charge in [0.1, 0.15) is 30.9 Å². The number of ether oxygens (including phenoxy) is 5. The number of nitrogens with zero attached hydrogens (tertiary/aromatic N) is 1. The van der Waals surface area contributed by atoms with E-state index in [1.807, 2.05) is 0 Å². The molecule has 43 heavy (non-hydrogen) atoms. The molecule has 1 heterocycles. The maximum Gasteiger partial charge on any atom is 0.305 e. The van der Waals surface area contributed by atoms with Gasteiger partial charge in [-0.3, -0.25) is 33.6 Å². The van der Waals surface area contributed by atoms with Crippen LogP contribution in [0.4, 0.5) is 0 Å². The number of carbonyl (C=O) groups is 7. The molecule has 0 aromatic carbocycles. The summed E-state index contributed by atoms with van der Waals surface area (Å²) < 4.78 is 27.8. The van der Waals surface area contributed by atoms with Gasteiger partial charge in [0.15, 0.2) is 6.10 Å². The van der Waals surface area contributed by atoms with Crippen molar-refractivity contribution in [1.82, 2.24) is 10.2 Å². The minimum absolute atomic E-state index is 0.319. The highest BCUT2D eigenvalue weighted by Gasteiger charge is 2.51. The standard InChI is InChI=1S/C26H42N4O13/c1-12(10-30(25(38)26(6,7)28)17(23(27)37)8-9-19(35)36)40-22-20(29-13(2)31)24(42-16(5)34)43-18(11-39-14(3)32)21(22)41-15(4)33/h12,17-18,20-22,24H,8-11,28H2,1-7H3,(H2,27,37)(H,29,31)(H,35,36)/t12?,17-,18-,20-,21-,22-,24+/m1/s1. The molecule has 7 atom stereocenters. The van der Waals surface area contributed by atoms with Gasteiger partial charge < -0.3 is 50.5 Å². The maximum atomic E-state index is 13.3. The molecule has 0 aliphatic carbocycles. The number of hydrogen-bond acceptors (Lipinski definition) is 13. The minimum Gasteiger partial charge on any atom is -0.481 e. The third kappa shape index (κ3) is 12.1. The maximum absolute atomic E-state index is 13.3. The van der Waals surface area contributed by atoms with Crippen LogP contribution in [-0.2, 0) is 57.2 Å².